The van der Waals surface area contributed by atoms with Crippen LogP contribution in [0, 0.1) is 5.41 Å². The summed E-state index contributed by atoms with van der Waals surface area (Å²) in [7, 11) is 1.38. The maximum absolute atomic E-state index is 12.6. The first-order valence-electron chi connectivity index (χ1n) is 9.50. The van der Waals surface area contributed by atoms with Gasteiger partial charge in [-0.2, -0.15) is 0 Å². The van der Waals surface area contributed by atoms with Crippen molar-refractivity contribution < 1.29 is 38.4 Å². The number of esters is 2. The van der Waals surface area contributed by atoms with Crippen molar-refractivity contribution in [1.29, 1.82) is 0 Å². The molecule has 1 aliphatic rings. The average molecular weight is 410 g/mol. The quantitative estimate of drug-likeness (QED) is 0.680. The Bertz CT molecular complexity index is 669. The Morgan fingerprint density at radius 2 is 1.72 bits per heavy atom. The number of methoxy groups -OCH3 is 1. The van der Waals surface area contributed by atoms with Gasteiger partial charge in [-0.05, 0) is 26.3 Å². The number of aliphatic hydroxyl groups is 1. The number of rotatable bonds is 7. The van der Waals surface area contributed by atoms with Crippen molar-refractivity contribution in [3.8, 4) is 0 Å². The Hall–Kier alpha value is -2.00. The fraction of sp³-hybridized carbons (Fsp3) is 0.619. The van der Waals surface area contributed by atoms with Crippen LogP contribution in [0.15, 0.2) is 30.3 Å². The summed E-state index contributed by atoms with van der Waals surface area (Å²) >= 11 is 0. The van der Waals surface area contributed by atoms with Gasteiger partial charge in [0.2, 0.25) is 0 Å². The van der Waals surface area contributed by atoms with Gasteiger partial charge in [0.1, 0.15) is 12.2 Å². The van der Waals surface area contributed by atoms with Crippen LogP contribution in [0.25, 0.3) is 0 Å². The largest absolute Gasteiger partial charge is 0.455 e. The van der Waals surface area contributed by atoms with E-state index < -0.39 is 54.7 Å². The third-order valence-corrected chi connectivity index (χ3v) is 4.45. The summed E-state index contributed by atoms with van der Waals surface area (Å²) in [6, 6.07) is 9.40. The fourth-order valence-electron chi connectivity index (χ4n) is 2.93. The number of aliphatic hydroxyl groups excluding tert-OH is 1. The molecular formula is C21H30O8. The lowest BCUT2D eigenvalue weighted by Gasteiger charge is -2.44. The molecule has 0 aliphatic carbocycles. The standard InChI is InChI=1S/C21H30O8/c1-13(23)27-18-17(29-20(24)21(2,3)4)16(15(11-22)28-19(18)25-5)26-12-14-9-7-6-8-10-14/h6-10,15-19,22H,11-12H2,1-5H3/t15-,16-,17+,18-,19+/m1/s1. The maximum atomic E-state index is 12.6. The molecule has 0 unspecified atom stereocenters. The van der Waals surface area contributed by atoms with Gasteiger partial charge in [0.05, 0.1) is 18.6 Å². The Labute approximate surface area is 171 Å². The molecule has 2 rings (SSSR count). The van der Waals surface area contributed by atoms with Gasteiger partial charge >= 0.3 is 11.9 Å². The van der Waals surface area contributed by atoms with E-state index in [-0.39, 0.29) is 6.61 Å². The number of hydrogen-bond acceptors (Lipinski definition) is 8. The summed E-state index contributed by atoms with van der Waals surface area (Å²) < 4.78 is 28.1. The minimum absolute atomic E-state index is 0.194. The van der Waals surface area contributed by atoms with E-state index >= 15 is 0 Å². The van der Waals surface area contributed by atoms with Crippen molar-refractivity contribution in [3.63, 3.8) is 0 Å². The van der Waals surface area contributed by atoms with Crippen LogP contribution in [0.3, 0.4) is 0 Å². The number of carbonyl (C=O) groups excluding carboxylic acids is 2. The summed E-state index contributed by atoms with van der Waals surface area (Å²) in [6.07, 6.45) is -4.81. The molecule has 0 bridgehead atoms. The first-order chi connectivity index (χ1) is 13.7. The van der Waals surface area contributed by atoms with Gasteiger partial charge in [-0.3, -0.25) is 9.59 Å². The maximum Gasteiger partial charge on any atom is 0.311 e. The van der Waals surface area contributed by atoms with Crippen molar-refractivity contribution >= 4 is 11.9 Å². The van der Waals surface area contributed by atoms with E-state index in [1.54, 1.807) is 20.8 Å². The molecule has 0 radical (unpaired) electrons. The van der Waals surface area contributed by atoms with Gasteiger partial charge in [-0.25, -0.2) is 0 Å². The molecule has 8 heteroatoms. The highest BCUT2D eigenvalue weighted by molar-refractivity contribution is 5.75. The van der Waals surface area contributed by atoms with Gasteiger partial charge in [0.15, 0.2) is 18.5 Å². The second-order valence-corrected chi connectivity index (χ2v) is 7.92. The molecule has 0 spiro atoms. The van der Waals surface area contributed by atoms with Gasteiger partial charge in [0.25, 0.3) is 0 Å². The molecule has 1 aliphatic heterocycles. The molecule has 1 aromatic carbocycles. The van der Waals surface area contributed by atoms with Gasteiger partial charge in [-0.1, -0.05) is 30.3 Å². The third-order valence-electron chi connectivity index (χ3n) is 4.45. The van der Waals surface area contributed by atoms with Crippen LogP contribution >= 0.6 is 0 Å². The van der Waals surface area contributed by atoms with Crippen LogP contribution in [0.1, 0.15) is 33.3 Å². The minimum Gasteiger partial charge on any atom is -0.455 e. The number of hydrogen-bond donors (Lipinski definition) is 1. The topological polar surface area (TPSA) is 101 Å². The summed E-state index contributed by atoms with van der Waals surface area (Å²) in [5.74, 6) is -1.08. The van der Waals surface area contributed by atoms with Crippen LogP contribution < -0.4 is 0 Å². The third kappa shape index (κ3) is 6.24. The minimum atomic E-state index is -1.05. The van der Waals surface area contributed by atoms with Crippen LogP contribution in [0.4, 0.5) is 0 Å². The zero-order valence-electron chi connectivity index (χ0n) is 17.5. The van der Waals surface area contributed by atoms with Crippen molar-refractivity contribution in [2.75, 3.05) is 13.7 Å². The normalized spacial score (nSPS) is 27.3. The molecule has 1 fully saturated rings. The van der Waals surface area contributed by atoms with E-state index in [1.165, 1.54) is 14.0 Å². The SMILES string of the molecule is CO[C@H]1O[C@H](CO)[C@@H](OCc2ccccc2)[C@H](OC(=O)C(C)(C)C)[C@H]1OC(C)=O. The van der Waals surface area contributed by atoms with Crippen LogP contribution in [-0.2, 0) is 39.9 Å². The first-order valence-corrected chi connectivity index (χ1v) is 9.50. The second kappa shape index (κ2) is 10.2. The smallest absolute Gasteiger partial charge is 0.311 e. The van der Waals surface area contributed by atoms with E-state index in [2.05, 4.69) is 0 Å². The van der Waals surface area contributed by atoms with E-state index in [0.29, 0.717) is 0 Å². The predicted octanol–water partition coefficient (Wildman–Crippen LogP) is 1.82. The summed E-state index contributed by atoms with van der Waals surface area (Å²) in [6.45, 7) is 6.19. The van der Waals surface area contributed by atoms with Crippen LogP contribution in [-0.4, -0.2) is 61.5 Å². The summed E-state index contributed by atoms with van der Waals surface area (Å²) in [4.78, 5) is 24.3. The van der Waals surface area contributed by atoms with E-state index in [4.69, 9.17) is 23.7 Å². The van der Waals surface area contributed by atoms with Crippen LogP contribution in [0.2, 0.25) is 0 Å². The highest BCUT2D eigenvalue weighted by Gasteiger charge is 2.51. The summed E-state index contributed by atoms with van der Waals surface area (Å²) in [5.41, 5.74) is 0.100. The molecular weight excluding hydrogens is 380 g/mol. The number of carbonyl (C=O) groups is 2. The van der Waals surface area contributed by atoms with Gasteiger partial charge in [-0.15, -0.1) is 0 Å². The highest BCUT2D eigenvalue weighted by Crippen LogP contribution is 2.31. The van der Waals surface area contributed by atoms with E-state index in [0.717, 1.165) is 5.56 Å². The van der Waals surface area contributed by atoms with E-state index in [1.807, 2.05) is 30.3 Å². The Kier molecular flexibility index (Phi) is 8.15. The predicted molar refractivity (Wildman–Crippen MR) is 103 cm³/mol. The number of ether oxygens (including phenoxy) is 5. The lowest BCUT2D eigenvalue weighted by atomic mass is 9.95. The van der Waals surface area contributed by atoms with Crippen molar-refractivity contribution in [2.45, 2.75) is 65.0 Å². The Balaban J connectivity index is 2.33. The highest BCUT2D eigenvalue weighted by atomic mass is 16.7. The van der Waals surface area contributed by atoms with Crippen LogP contribution in [0.5, 0.6) is 0 Å². The molecule has 162 valence electrons. The Morgan fingerprint density at radius 1 is 1.07 bits per heavy atom. The van der Waals surface area contributed by atoms with Crippen molar-refractivity contribution in [1.82, 2.24) is 0 Å². The van der Waals surface area contributed by atoms with Gasteiger partial charge < -0.3 is 28.8 Å². The summed E-state index contributed by atoms with van der Waals surface area (Å²) in [5, 5.41) is 9.84. The second-order valence-electron chi connectivity index (χ2n) is 7.92. The molecule has 8 nitrogen and oxygen atoms in total. The zero-order chi connectivity index (χ0) is 21.6. The molecule has 29 heavy (non-hydrogen) atoms. The van der Waals surface area contributed by atoms with Crippen molar-refractivity contribution in [3.05, 3.63) is 35.9 Å². The molecule has 0 amide bonds. The van der Waals surface area contributed by atoms with E-state index in [9.17, 15) is 14.7 Å². The van der Waals surface area contributed by atoms with Gasteiger partial charge in [0, 0.05) is 14.0 Å². The lowest BCUT2D eigenvalue weighted by molar-refractivity contribution is -0.308. The first kappa shape index (κ1) is 23.3. The molecule has 1 aromatic rings. The monoisotopic (exact) mass is 410 g/mol. The molecule has 1 N–H and O–H groups in total. The molecule has 0 aromatic heterocycles. The fourth-order valence-corrected chi connectivity index (χ4v) is 2.93. The molecule has 0 saturated carbocycles. The molecule has 5 atom stereocenters. The molecule has 1 saturated heterocycles. The average Bonchev–Trinajstić information content (AvgIpc) is 2.67. The molecule has 1 heterocycles. The number of benzene rings is 1. The zero-order valence-corrected chi connectivity index (χ0v) is 17.5. The van der Waals surface area contributed by atoms with Crippen molar-refractivity contribution in [2.24, 2.45) is 5.41 Å². The Morgan fingerprint density at radius 3 is 2.24 bits per heavy atom. The lowest BCUT2D eigenvalue weighted by Crippen LogP contribution is -2.62.